The summed E-state index contributed by atoms with van der Waals surface area (Å²) >= 11 is 0. The van der Waals surface area contributed by atoms with Gasteiger partial charge in [-0.2, -0.15) is 0 Å². The third-order valence-electron chi connectivity index (χ3n) is 4.04. The van der Waals surface area contributed by atoms with Gasteiger partial charge < -0.3 is 5.32 Å². The molecule has 0 bridgehead atoms. The van der Waals surface area contributed by atoms with Crippen LogP contribution in [0.5, 0.6) is 0 Å². The molecule has 1 aliphatic carbocycles. The predicted molar refractivity (Wildman–Crippen MR) is 65.9 cm³/mol. The van der Waals surface area contributed by atoms with Crippen LogP contribution in [-0.2, 0) is 0 Å². The first-order chi connectivity index (χ1) is 7.40. The lowest BCUT2D eigenvalue weighted by Crippen LogP contribution is -2.32. The molecule has 1 heteroatoms. The Morgan fingerprint density at radius 1 is 1.27 bits per heavy atom. The Morgan fingerprint density at radius 2 is 2.20 bits per heavy atom. The molecule has 0 saturated carbocycles. The molecule has 0 radical (unpaired) electrons. The largest absolute Gasteiger partial charge is 0.313 e. The number of fused-ring (bicyclic) bond motifs is 1. The Morgan fingerprint density at radius 3 is 3.07 bits per heavy atom. The van der Waals surface area contributed by atoms with Gasteiger partial charge in [-0.05, 0) is 44.1 Å². The number of rotatable bonds is 4. The van der Waals surface area contributed by atoms with Crippen LogP contribution in [-0.4, -0.2) is 13.1 Å². The summed E-state index contributed by atoms with van der Waals surface area (Å²) in [6.07, 6.45) is 12.5. The van der Waals surface area contributed by atoms with E-state index in [9.17, 15) is 0 Å². The summed E-state index contributed by atoms with van der Waals surface area (Å²) in [6.45, 7) is 4.71. The summed E-state index contributed by atoms with van der Waals surface area (Å²) in [5.74, 6) is 1.84. The first-order valence-corrected chi connectivity index (χ1v) is 6.81. The van der Waals surface area contributed by atoms with Gasteiger partial charge in [-0.25, -0.2) is 0 Å². The maximum Gasteiger partial charge on any atom is 0.0167 e. The van der Waals surface area contributed by atoms with E-state index in [1.807, 2.05) is 0 Å². The molecule has 86 valence electrons. The molecule has 1 saturated heterocycles. The van der Waals surface area contributed by atoms with Crippen LogP contribution in [0.4, 0.5) is 0 Å². The van der Waals surface area contributed by atoms with Crippen molar-refractivity contribution in [1.29, 1.82) is 0 Å². The van der Waals surface area contributed by atoms with Gasteiger partial charge in [-0.1, -0.05) is 37.8 Å². The summed E-state index contributed by atoms with van der Waals surface area (Å²) < 4.78 is 0. The molecule has 0 amide bonds. The molecule has 2 rings (SSSR count). The molecule has 0 spiro atoms. The average molecular weight is 207 g/mol. The van der Waals surface area contributed by atoms with Crippen molar-refractivity contribution in [2.24, 2.45) is 11.8 Å². The number of hydrogen-bond donors (Lipinski definition) is 1. The predicted octanol–water partition coefficient (Wildman–Crippen LogP) is 3.51. The fourth-order valence-corrected chi connectivity index (χ4v) is 3.05. The maximum atomic E-state index is 3.50. The van der Waals surface area contributed by atoms with Crippen molar-refractivity contribution in [3.8, 4) is 0 Å². The van der Waals surface area contributed by atoms with Gasteiger partial charge in [-0.3, -0.25) is 0 Å². The Kier molecular flexibility index (Phi) is 4.25. The quantitative estimate of drug-likeness (QED) is 0.549. The third kappa shape index (κ3) is 3.07. The van der Waals surface area contributed by atoms with E-state index in [2.05, 4.69) is 18.3 Å². The summed E-state index contributed by atoms with van der Waals surface area (Å²) in [7, 11) is 0. The van der Waals surface area contributed by atoms with Gasteiger partial charge in [0, 0.05) is 6.54 Å². The lowest BCUT2D eigenvalue weighted by molar-refractivity contribution is 0.359. The number of piperidine rings is 1. The van der Waals surface area contributed by atoms with E-state index in [1.165, 1.54) is 58.0 Å². The van der Waals surface area contributed by atoms with Crippen LogP contribution in [0.15, 0.2) is 11.6 Å². The molecule has 2 atom stereocenters. The second-order valence-electron chi connectivity index (χ2n) is 5.24. The van der Waals surface area contributed by atoms with Crippen molar-refractivity contribution in [3.63, 3.8) is 0 Å². The Labute approximate surface area is 94.3 Å². The lowest BCUT2D eigenvalue weighted by atomic mass is 9.77. The van der Waals surface area contributed by atoms with E-state index < -0.39 is 0 Å². The molecule has 1 nitrogen and oxygen atoms in total. The van der Waals surface area contributed by atoms with Crippen molar-refractivity contribution < 1.29 is 0 Å². The van der Waals surface area contributed by atoms with Gasteiger partial charge in [0.2, 0.25) is 0 Å². The Balaban J connectivity index is 1.82. The second kappa shape index (κ2) is 5.69. The zero-order chi connectivity index (χ0) is 10.5. The minimum absolute atomic E-state index is 0.905. The number of unbranched alkanes of at least 4 members (excludes halogenated alkanes) is 2. The highest BCUT2D eigenvalue weighted by Gasteiger charge is 2.24. The fraction of sp³-hybridized carbons (Fsp3) is 0.857. The van der Waals surface area contributed by atoms with Crippen LogP contribution in [0, 0.1) is 11.8 Å². The molecule has 2 unspecified atom stereocenters. The van der Waals surface area contributed by atoms with E-state index in [0.29, 0.717) is 0 Å². The van der Waals surface area contributed by atoms with Crippen molar-refractivity contribution >= 4 is 0 Å². The number of allylic oxidation sites excluding steroid dienone is 1. The standard InChI is InChI=1S/C14H25N/c1-2-3-4-5-12-6-7-13-8-9-15-11-14(13)10-12/h10,12-13,15H,2-9,11H2,1H3. The zero-order valence-electron chi connectivity index (χ0n) is 10.1. The maximum absolute atomic E-state index is 3.50. The Hall–Kier alpha value is -0.300. The molecule has 0 aromatic heterocycles. The zero-order valence-corrected chi connectivity index (χ0v) is 10.1. The smallest absolute Gasteiger partial charge is 0.0167 e. The highest BCUT2D eigenvalue weighted by molar-refractivity contribution is 5.16. The first kappa shape index (κ1) is 11.2. The highest BCUT2D eigenvalue weighted by Crippen LogP contribution is 2.34. The summed E-state index contributed by atoms with van der Waals surface area (Å²) in [4.78, 5) is 0. The van der Waals surface area contributed by atoms with Gasteiger partial charge in [0.25, 0.3) is 0 Å². The first-order valence-electron chi connectivity index (χ1n) is 6.81. The Bertz CT molecular complexity index is 219. The van der Waals surface area contributed by atoms with Gasteiger partial charge in [0.1, 0.15) is 0 Å². The van der Waals surface area contributed by atoms with Gasteiger partial charge in [0.15, 0.2) is 0 Å². The number of hydrogen-bond acceptors (Lipinski definition) is 1. The van der Waals surface area contributed by atoms with E-state index in [1.54, 1.807) is 5.57 Å². The van der Waals surface area contributed by atoms with Crippen LogP contribution in [0.25, 0.3) is 0 Å². The molecule has 15 heavy (non-hydrogen) atoms. The topological polar surface area (TPSA) is 12.0 Å². The second-order valence-corrected chi connectivity index (χ2v) is 5.24. The van der Waals surface area contributed by atoms with Gasteiger partial charge in [-0.15, -0.1) is 0 Å². The molecule has 0 aromatic carbocycles. The molecule has 1 aliphatic heterocycles. The van der Waals surface area contributed by atoms with E-state index in [0.717, 1.165) is 11.8 Å². The fourth-order valence-electron chi connectivity index (χ4n) is 3.05. The minimum Gasteiger partial charge on any atom is -0.313 e. The van der Waals surface area contributed by atoms with Crippen molar-refractivity contribution in [1.82, 2.24) is 5.32 Å². The molecule has 1 fully saturated rings. The summed E-state index contributed by atoms with van der Waals surface area (Å²) in [6, 6.07) is 0. The summed E-state index contributed by atoms with van der Waals surface area (Å²) in [5, 5.41) is 3.50. The van der Waals surface area contributed by atoms with Gasteiger partial charge in [0.05, 0.1) is 0 Å². The monoisotopic (exact) mass is 207 g/mol. The molecule has 1 heterocycles. The van der Waals surface area contributed by atoms with Crippen molar-refractivity contribution in [2.45, 2.75) is 51.9 Å². The van der Waals surface area contributed by atoms with Crippen LogP contribution in [0.3, 0.4) is 0 Å². The highest BCUT2D eigenvalue weighted by atomic mass is 14.9. The minimum atomic E-state index is 0.905. The van der Waals surface area contributed by atoms with E-state index >= 15 is 0 Å². The summed E-state index contributed by atoms with van der Waals surface area (Å²) in [5.41, 5.74) is 1.73. The van der Waals surface area contributed by atoms with Crippen LogP contribution in [0.2, 0.25) is 0 Å². The molecular weight excluding hydrogens is 182 g/mol. The molecule has 2 aliphatic rings. The third-order valence-corrected chi connectivity index (χ3v) is 4.04. The van der Waals surface area contributed by atoms with Crippen molar-refractivity contribution in [3.05, 3.63) is 11.6 Å². The number of nitrogens with one attached hydrogen (secondary N) is 1. The van der Waals surface area contributed by atoms with Gasteiger partial charge >= 0.3 is 0 Å². The molecule has 1 N–H and O–H groups in total. The van der Waals surface area contributed by atoms with Crippen LogP contribution >= 0.6 is 0 Å². The van der Waals surface area contributed by atoms with E-state index in [4.69, 9.17) is 0 Å². The molecular formula is C14H25N. The average Bonchev–Trinajstić information content (AvgIpc) is 2.29. The van der Waals surface area contributed by atoms with E-state index in [-0.39, 0.29) is 0 Å². The lowest BCUT2D eigenvalue weighted by Gasteiger charge is -2.32. The van der Waals surface area contributed by atoms with Crippen molar-refractivity contribution in [2.75, 3.05) is 13.1 Å². The molecule has 0 aromatic rings. The van der Waals surface area contributed by atoms with Crippen LogP contribution < -0.4 is 5.32 Å². The van der Waals surface area contributed by atoms with Crippen LogP contribution in [0.1, 0.15) is 51.9 Å². The normalized spacial score (nSPS) is 30.9. The SMILES string of the molecule is CCCCCC1C=C2CNCCC2CC1.